The van der Waals surface area contributed by atoms with E-state index in [1.165, 1.54) is 17.9 Å². The standard InChI is InChI=1S/C12H22N4S.HI/c13-12(16-8-10-17-11-9-16)14-4-7-15-5-2-1-3-6-15;/h1-2H,3-11H2,(H2,13,14);1H. The minimum absolute atomic E-state index is 0. The van der Waals surface area contributed by atoms with Crippen LogP contribution >= 0.6 is 35.7 Å². The summed E-state index contributed by atoms with van der Waals surface area (Å²) >= 11 is 1.99. The van der Waals surface area contributed by atoms with E-state index in [1.54, 1.807) is 0 Å². The van der Waals surface area contributed by atoms with Crippen molar-refractivity contribution in [1.29, 1.82) is 0 Å². The first kappa shape index (κ1) is 16.1. The molecule has 0 aromatic carbocycles. The lowest BCUT2D eigenvalue weighted by molar-refractivity contribution is 0.307. The molecule has 2 aliphatic heterocycles. The van der Waals surface area contributed by atoms with Gasteiger partial charge in [0, 0.05) is 44.2 Å². The van der Waals surface area contributed by atoms with E-state index in [0.717, 1.165) is 45.2 Å². The van der Waals surface area contributed by atoms with Crippen LogP contribution in [0.1, 0.15) is 6.42 Å². The number of aliphatic imine (C=N–C) groups is 1. The molecule has 2 heterocycles. The summed E-state index contributed by atoms with van der Waals surface area (Å²) in [4.78, 5) is 9.11. The molecule has 4 nitrogen and oxygen atoms in total. The van der Waals surface area contributed by atoms with Crippen LogP contribution in [0.15, 0.2) is 17.1 Å². The van der Waals surface area contributed by atoms with Crippen molar-refractivity contribution in [3.63, 3.8) is 0 Å². The molecule has 104 valence electrons. The van der Waals surface area contributed by atoms with Crippen LogP contribution in [0.4, 0.5) is 0 Å². The van der Waals surface area contributed by atoms with Crippen molar-refractivity contribution >= 4 is 41.7 Å². The Kier molecular flexibility index (Phi) is 8.08. The van der Waals surface area contributed by atoms with Crippen molar-refractivity contribution in [3.8, 4) is 0 Å². The molecule has 6 heteroatoms. The number of hydrogen-bond donors (Lipinski definition) is 1. The molecule has 2 rings (SSSR count). The van der Waals surface area contributed by atoms with Crippen LogP contribution < -0.4 is 5.73 Å². The van der Waals surface area contributed by atoms with E-state index >= 15 is 0 Å². The van der Waals surface area contributed by atoms with Gasteiger partial charge >= 0.3 is 0 Å². The van der Waals surface area contributed by atoms with Crippen molar-refractivity contribution in [2.24, 2.45) is 10.7 Å². The number of nitrogens with zero attached hydrogens (tertiary/aromatic N) is 3. The van der Waals surface area contributed by atoms with Gasteiger partial charge in [0.2, 0.25) is 0 Å². The van der Waals surface area contributed by atoms with Crippen molar-refractivity contribution < 1.29 is 0 Å². The molecule has 0 amide bonds. The zero-order chi connectivity index (χ0) is 11.9. The normalized spacial score (nSPS) is 21.8. The summed E-state index contributed by atoms with van der Waals surface area (Å²) in [6.45, 7) is 6.16. The van der Waals surface area contributed by atoms with E-state index < -0.39 is 0 Å². The molecule has 0 aromatic rings. The maximum atomic E-state index is 6.00. The van der Waals surface area contributed by atoms with Crippen molar-refractivity contribution in [2.75, 3.05) is 50.8 Å². The van der Waals surface area contributed by atoms with Gasteiger partial charge in [0.05, 0.1) is 6.54 Å². The molecule has 0 unspecified atom stereocenters. The lowest BCUT2D eigenvalue weighted by Crippen LogP contribution is -2.43. The predicted molar refractivity (Wildman–Crippen MR) is 91.0 cm³/mol. The summed E-state index contributed by atoms with van der Waals surface area (Å²) in [5.74, 6) is 3.08. The van der Waals surface area contributed by atoms with Gasteiger partial charge in [-0.25, -0.2) is 0 Å². The summed E-state index contributed by atoms with van der Waals surface area (Å²) in [6.07, 6.45) is 5.65. The Bertz CT molecular complexity index is 290. The number of thioether (sulfide) groups is 1. The first-order chi connectivity index (χ1) is 8.36. The second kappa shape index (κ2) is 9.03. The molecule has 0 bridgehead atoms. The van der Waals surface area contributed by atoms with Gasteiger partial charge in [0.1, 0.15) is 0 Å². The summed E-state index contributed by atoms with van der Waals surface area (Å²) in [7, 11) is 0. The third-order valence-electron chi connectivity index (χ3n) is 3.17. The molecular formula is C12H23IN4S. The number of hydrogen-bond acceptors (Lipinski definition) is 3. The van der Waals surface area contributed by atoms with Gasteiger partial charge in [-0.05, 0) is 6.42 Å². The number of halogens is 1. The monoisotopic (exact) mass is 382 g/mol. The van der Waals surface area contributed by atoms with Gasteiger partial charge in [0.25, 0.3) is 0 Å². The fourth-order valence-corrected chi connectivity index (χ4v) is 2.99. The van der Waals surface area contributed by atoms with Crippen molar-refractivity contribution in [1.82, 2.24) is 9.80 Å². The molecular weight excluding hydrogens is 359 g/mol. The number of guanidine groups is 1. The molecule has 0 spiro atoms. The first-order valence-electron chi connectivity index (χ1n) is 6.36. The van der Waals surface area contributed by atoms with Crippen LogP contribution in [0, 0.1) is 0 Å². The molecule has 0 aromatic heterocycles. The Labute approximate surface area is 131 Å². The minimum Gasteiger partial charge on any atom is -0.370 e. The van der Waals surface area contributed by atoms with Gasteiger partial charge in [-0.15, -0.1) is 24.0 Å². The van der Waals surface area contributed by atoms with E-state index in [2.05, 4.69) is 26.9 Å². The van der Waals surface area contributed by atoms with Crippen molar-refractivity contribution in [2.45, 2.75) is 6.42 Å². The van der Waals surface area contributed by atoms with Gasteiger partial charge in [-0.3, -0.25) is 9.89 Å². The highest BCUT2D eigenvalue weighted by molar-refractivity contribution is 14.0. The van der Waals surface area contributed by atoms with E-state index in [4.69, 9.17) is 5.73 Å². The van der Waals surface area contributed by atoms with E-state index in [9.17, 15) is 0 Å². The Morgan fingerprint density at radius 1 is 1.22 bits per heavy atom. The molecule has 1 saturated heterocycles. The zero-order valence-electron chi connectivity index (χ0n) is 10.8. The maximum Gasteiger partial charge on any atom is 0.191 e. The molecule has 2 aliphatic rings. The minimum atomic E-state index is 0. The topological polar surface area (TPSA) is 44.9 Å². The van der Waals surface area contributed by atoms with Crippen molar-refractivity contribution in [3.05, 3.63) is 12.2 Å². The van der Waals surface area contributed by atoms with Crippen LogP contribution in [0.2, 0.25) is 0 Å². The molecule has 0 aliphatic carbocycles. The van der Waals surface area contributed by atoms with Gasteiger partial charge < -0.3 is 10.6 Å². The van der Waals surface area contributed by atoms with Crippen LogP contribution in [-0.4, -0.2) is 66.5 Å². The highest BCUT2D eigenvalue weighted by Gasteiger charge is 2.12. The largest absolute Gasteiger partial charge is 0.370 e. The Balaban J connectivity index is 0.00000162. The predicted octanol–water partition coefficient (Wildman–Crippen LogP) is 1.23. The summed E-state index contributed by atoms with van der Waals surface area (Å²) < 4.78 is 0. The average molecular weight is 382 g/mol. The third-order valence-corrected chi connectivity index (χ3v) is 4.11. The third kappa shape index (κ3) is 5.36. The zero-order valence-corrected chi connectivity index (χ0v) is 13.9. The highest BCUT2D eigenvalue weighted by Crippen LogP contribution is 2.08. The number of rotatable bonds is 3. The molecule has 18 heavy (non-hydrogen) atoms. The second-order valence-corrected chi connectivity index (χ2v) is 5.62. The summed E-state index contributed by atoms with van der Waals surface area (Å²) in [5.41, 5.74) is 6.00. The fraction of sp³-hybridized carbons (Fsp3) is 0.750. The first-order valence-corrected chi connectivity index (χ1v) is 7.52. The summed E-state index contributed by atoms with van der Waals surface area (Å²) in [6, 6.07) is 0. The van der Waals surface area contributed by atoms with Gasteiger partial charge in [0.15, 0.2) is 5.96 Å². The Morgan fingerprint density at radius 2 is 2.00 bits per heavy atom. The lowest BCUT2D eigenvalue weighted by atomic mass is 10.2. The van der Waals surface area contributed by atoms with E-state index in [-0.39, 0.29) is 24.0 Å². The molecule has 0 saturated carbocycles. The smallest absolute Gasteiger partial charge is 0.191 e. The van der Waals surface area contributed by atoms with E-state index in [1.807, 2.05) is 11.8 Å². The van der Waals surface area contributed by atoms with Crippen LogP contribution in [0.3, 0.4) is 0 Å². The molecule has 2 N–H and O–H groups in total. The SMILES string of the molecule is I.NC(=NCCN1CC=CCC1)N1CCSCC1. The van der Waals surface area contributed by atoms with E-state index in [0.29, 0.717) is 0 Å². The fourth-order valence-electron chi connectivity index (χ4n) is 2.09. The second-order valence-electron chi connectivity index (χ2n) is 4.40. The highest BCUT2D eigenvalue weighted by atomic mass is 127. The lowest BCUT2D eigenvalue weighted by Gasteiger charge is -2.27. The van der Waals surface area contributed by atoms with Crippen LogP contribution in [0.25, 0.3) is 0 Å². The van der Waals surface area contributed by atoms with Gasteiger partial charge in [-0.1, -0.05) is 12.2 Å². The van der Waals surface area contributed by atoms with Crippen LogP contribution in [0.5, 0.6) is 0 Å². The molecule has 1 fully saturated rings. The Hall–Kier alpha value is 0.0500. The molecule has 0 atom stereocenters. The Morgan fingerprint density at radius 3 is 2.67 bits per heavy atom. The maximum absolute atomic E-state index is 6.00. The van der Waals surface area contributed by atoms with Crippen LogP contribution in [-0.2, 0) is 0 Å². The summed E-state index contributed by atoms with van der Waals surface area (Å²) in [5, 5.41) is 0. The van der Waals surface area contributed by atoms with Gasteiger partial charge in [-0.2, -0.15) is 11.8 Å². The number of nitrogens with two attached hydrogens (primary N) is 1. The molecule has 0 radical (unpaired) electrons. The average Bonchev–Trinajstić information content (AvgIpc) is 2.41. The quantitative estimate of drug-likeness (QED) is 0.345.